The molecule has 0 unspecified atom stereocenters. The van der Waals surface area contributed by atoms with Gasteiger partial charge in [0.15, 0.2) is 0 Å². The Morgan fingerprint density at radius 3 is 2.35 bits per heavy atom. The lowest BCUT2D eigenvalue weighted by molar-refractivity contribution is 0.912. The minimum atomic E-state index is 1.08. The second-order valence-electron chi connectivity index (χ2n) is 3.89. The lowest BCUT2D eigenvalue weighted by atomic mass is 9.95. The Labute approximate surface area is 106 Å². The van der Waals surface area contributed by atoms with Gasteiger partial charge in [-0.3, -0.25) is 4.99 Å². The zero-order valence-electron chi connectivity index (χ0n) is 11.8. The van der Waals surface area contributed by atoms with Crippen LogP contribution >= 0.6 is 0 Å². The van der Waals surface area contributed by atoms with Gasteiger partial charge in [-0.2, -0.15) is 0 Å². The van der Waals surface area contributed by atoms with Crippen LogP contribution in [0.5, 0.6) is 0 Å². The molecule has 0 fully saturated rings. The topological polar surface area (TPSA) is 12.4 Å². The van der Waals surface area contributed by atoms with Crippen LogP contribution in [0.2, 0.25) is 0 Å². The molecular formula is C16H25N. The normalized spacial score (nSPS) is 15.2. The van der Waals surface area contributed by atoms with E-state index in [1.54, 1.807) is 0 Å². The van der Waals surface area contributed by atoms with E-state index >= 15 is 0 Å². The summed E-state index contributed by atoms with van der Waals surface area (Å²) in [6, 6.07) is 0. The maximum absolute atomic E-state index is 4.26. The van der Waals surface area contributed by atoms with E-state index in [2.05, 4.69) is 50.1 Å². The number of rotatable bonds is 6. The predicted octanol–water partition coefficient (Wildman–Crippen LogP) is 5.23. The molecule has 0 radical (unpaired) electrons. The van der Waals surface area contributed by atoms with Gasteiger partial charge in [0, 0.05) is 12.4 Å². The molecule has 0 saturated carbocycles. The summed E-state index contributed by atoms with van der Waals surface area (Å²) in [5.74, 6) is 0. The first-order valence-corrected chi connectivity index (χ1v) is 6.34. The molecular weight excluding hydrogens is 206 g/mol. The van der Waals surface area contributed by atoms with Gasteiger partial charge in [0.25, 0.3) is 0 Å². The van der Waals surface area contributed by atoms with E-state index < -0.39 is 0 Å². The molecule has 0 aromatic heterocycles. The van der Waals surface area contributed by atoms with Crippen molar-refractivity contribution >= 4 is 6.21 Å². The van der Waals surface area contributed by atoms with E-state index in [1.807, 2.05) is 26.3 Å². The van der Waals surface area contributed by atoms with E-state index in [-0.39, 0.29) is 0 Å². The molecule has 94 valence electrons. The second kappa shape index (κ2) is 9.83. The molecule has 0 aromatic rings. The molecule has 1 nitrogen and oxygen atoms in total. The highest BCUT2D eigenvalue weighted by atomic mass is 14.7. The number of hydrogen-bond donors (Lipinski definition) is 0. The maximum atomic E-state index is 4.26. The molecule has 0 amide bonds. The van der Waals surface area contributed by atoms with Crippen LogP contribution in [0.4, 0.5) is 0 Å². The molecule has 0 aliphatic carbocycles. The molecule has 0 bridgehead atoms. The van der Waals surface area contributed by atoms with Gasteiger partial charge in [-0.15, -0.1) is 0 Å². The quantitative estimate of drug-likeness (QED) is 0.438. The van der Waals surface area contributed by atoms with E-state index in [4.69, 9.17) is 0 Å². The van der Waals surface area contributed by atoms with Crippen molar-refractivity contribution in [2.75, 3.05) is 0 Å². The van der Waals surface area contributed by atoms with E-state index in [9.17, 15) is 0 Å². The van der Waals surface area contributed by atoms with Crippen LogP contribution in [0.25, 0.3) is 0 Å². The first-order chi connectivity index (χ1) is 8.21. The third-order valence-corrected chi connectivity index (χ3v) is 2.57. The zero-order valence-corrected chi connectivity index (χ0v) is 11.8. The van der Waals surface area contributed by atoms with Crippen LogP contribution in [0.3, 0.4) is 0 Å². The zero-order chi connectivity index (χ0) is 13.1. The van der Waals surface area contributed by atoms with Crippen LogP contribution in [-0.4, -0.2) is 6.21 Å². The minimum Gasteiger partial charge on any atom is -0.269 e. The molecule has 0 N–H and O–H groups in total. The minimum absolute atomic E-state index is 1.08. The highest BCUT2D eigenvalue weighted by molar-refractivity contribution is 5.56. The fourth-order valence-electron chi connectivity index (χ4n) is 1.53. The molecule has 0 heterocycles. The molecule has 17 heavy (non-hydrogen) atoms. The SMILES string of the molecule is CC=N/C=C(C(\C)=C/C)/C(=C\C=C/C)CCC. The van der Waals surface area contributed by atoms with Crippen molar-refractivity contribution in [1.29, 1.82) is 0 Å². The highest BCUT2D eigenvalue weighted by Crippen LogP contribution is 2.23. The van der Waals surface area contributed by atoms with Crippen molar-refractivity contribution < 1.29 is 0 Å². The van der Waals surface area contributed by atoms with E-state index in [1.165, 1.54) is 16.7 Å². The van der Waals surface area contributed by atoms with Gasteiger partial charge >= 0.3 is 0 Å². The molecule has 1 heteroatoms. The Morgan fingerprint density at radius 1 is 1.18 bits per heavy atom. The first-order valence-electron chi connectivity index (χ1n) is 6.34. The Balaban J connectivity index is 5.36. The van der Waals surface area contributed by atoms with Crippen LogP contribution in [0, 0.1) is 0 Å². The number of hydrogen-bond acceptors (Lipinski definition) is 1. The van der Waals surface area contributed by atoms with E-state index in [0.29, 0.717) is 0 Å². The van der Waals surface area contributed by atoms with Crippen molar-refractivity contribution in [2.24, 2.45) is 4.99 Å². The summed E-state index contributed by atoms with van der Waals surface area (Å²) in [6.45, 7) is 10.4. The predicted molar refractivity (Wildman–Crippen MR) is 79.5 cm³/mol. The van der Waals surface area contributed by atoms with Crippen molar-refractivity contribution in [3.63, 3.8) is 0 Å². The fourth-order valence-corrected chi connectivity index (χ4v) is 1.53. The van der Waals surface area contributed by atoms with E-state index in [0.717, 1.165) is 12.8 Å². The van der Waals surface area contributed by atoms with Gasteiger partial charge in [-0.1, -0.05) is 37.6 Å². The van der Waals surface area contributed by atoms with Gasteiger partial charge < -0.3 is 0 Å². The molecule has 0 spiro atoms. The lowest BCUT2D eigenvalue weighted by Gasteiger charge is -2.11. The monoisotopic (exact) mass is 231 g/mol. The summed E-state index contributed by atoms with van der Waals surface area (Å²) in [5, 5.41) is 0. The van der Waals surface area contributed by atoms with Crippen LogP contribution < -0.4 is 0 Å². The number of allylic oxidation sites excluding steroid dienone is 7. The average molecular weight is 231 g/mol. The Bertz CT molecular complexity index is 352. The van der Waals surface area contributed by atoms with Crippen LogP contribution in [0.15, 0.2) is 52.2 Å². The maximum Gasteiger partial charge on any atom is 0.0341 e. The van der Waals surface area contributed by atoms with Gasteiger partial charge in [0.2, 0.25) is 0 Å². The molecule has 0 atom stereocenters. The summed E-state index contributed by atoms with van der Waals surface area (Å²) < 4.78 is 0. The van der Waals surface area contributed by atoms with Gasteiger partial charge in [0.1, 0.15) is 0 Å². The summed E-state index contributed by atoms with van der Waals surface area (Å²) in [5.41, 5.74) is 3.87. The van der Waals surface area contributed by atoms with Crippen LogP contribution in [-0.2, 0) is 0 Å². The molecule has 0 saturated heterocycles. The third kappa shape index (κ3) is 6.06. The van der Waals surface area contributed by atoms with Crippen molar-refractivity contribution in [3.05, 3.63) is 47.2 Å². The second-order valence-corrected chi connectivity index (χ2v) is 3.89. The first kappa shape index (κ1) is 15.6. The van der Waals surface area contributed by atoms with Crippen molar-refractivity contribution in [2.45, 2.75) is 47.5 Å². The van der Waals surface area contributed by atoms with Crippen molar-refractivity contribution in [3.8, 4) is 0 Å². The van der Waals surface area contributed by atoms with Crippen molar-refractivity contribution in [1.82, 2.24) is 0 Å². The summed E-state index contributed by atoms with van der Waals surface area (Å²) in [4.78, 5) is 4.26. The Kier molecular flexibility index (Phi) is 9.04. The smallest absolute Gasteiger partial charge is 0.0341 e. The highest BCUT2D eigenvalue weighted by Gasteiger charge is 2.05. The summed E-state index contributed by atoms with van der Waals surface area (Å²) in [6.07, 6.45) is 14.5. The standard InChI is InChI=1S/C16H25N/c1-6-10-12-15(11-7-2)16(13-17-9-4)14(5)8-3/h6,8-10,12-13H,7,11H2,1-5H3/b10-6-,14-8-,15-12-,16-13+,17-9?. The third-order valence-electron chi connectivity index (χ3n) is 2.57. The summed E-state index contributed by atoms with van der Waals surface area (Å²) in [7, 11) is 0. The molecule has 0 aromatic carbocycles. The molecule has 0 aliphatic heterocycles. The lowest BCUT2D eigenvalue weighted by Crippen LogP contribution is -1.92. The Hall–Kier alpha value is -1.37. The van der Waals surface area contributed by atoms with Gasteiger partial charge in [-0.25, -0.2) is 0 Å². The number of aliphatic imine (C=N–C) groups is 1. The molecule has 0 rings (SSSR count). The van der Waals surface area contributed by atoms with Gasteiger partial charge in [-0.05, 0) is 50.8 Å². The average Bonchev–Trinajstić information content (AvgIpc) is 2.35. The molecule has 0 aliphatic rings. The number of nitrogens with zero attached hydrogens (tertiary/aromatic N) is 1. The van der Waals surface area contributed by atoms with Crippen LogP contribution in [0.1, 0.15) is 47.5 Å². The fraction of sp³-hybridized carbons (Fsp3) is 0.438. The summed E-state index contributed by atoms with van der Waals surface area (Å²) >= 11 is 0. The Morgan fingerprint density at radius 2 is 1.88 bits per heavy atom. The van der Waals surface area contributed by atoms with Gasteiger partial charge in [0.05, 0.1) is 0 Å². The largest absolute Gasteiger partial charge is 0.269 e.